The second-order valence-corrected chi connectivity index (χ2v) is 7.25. The average molecular weight is 359 g/mol. The number of hydrogen-bond acceptors (Lipinski definition) is 4. The van der Waals surface area contributed by atoms with Crippen molar-refractivity contribution in [2.45, 2.75) is 36.2 Å². The van der Waals surface area contributed by atoms with Crippen LogP contribution in [0.25, 0.3) is 0 Å². The molecule has 0 N–H and O–H groups in total. The smallest absolute Gasteiger partial charge is 0.136 e. The Labute approximate surface area is 130 Å². The van der Waals surface area contributed by atoms with Crippen LogP contribution in [0.5, 0.6) is 0 Å². The molecule has 0 fully saturated rings. The van der Waals surface area contributed by atoms with Crippen LogP contribution in [0.2, 0.25) is 5.15 Å². The molecule has 0 amide bonds. The minimum Gasteiger partial charge on any atom is -0.248 e. The highest BCUT2D eigenvalue weighted by Gasteiger charge is 2.19. The van der Waals surface area contributed by atoms with E-state index in [2.05, 4.69) is 51.7 Å². The van der Waals surface area contributed by atoms with E-state index in [0.29, 0.717) is 5.15 Å². The van der Waals surface area contributed by atoms with Gasteiger partial charge in [0.2, 0.25) is 0 Å². The van der Waals surface area contributed by atoms with E-state index in [1.54, 1.807) is 12.3 Å². The second kappa shape index (κ2) is 5.77. The zero-order valence-electron chi connectivity index (χ0n) is 10.8. The van der Waals surface area contributed by atoms with Crippen LogP contribution < -0.4 is 0 Å². The first kappa shape index (κ1) is 14.8. The van der Waals surface area contributed by atoms with Gasteiger partial charge in [0.1, 0.15) is 21.0 Å². The third-order valence-electron chi connectivity index (χ3n) is 2.27. The second-order valence-electron chi connectivity index (χ2n) is 4.99. The Kier molecular flexibility index (Phi) is 4.48. The maximum atomic E-state index is 6.07. The fourth-order valence-corrected chi connectivity index (χ4v) is 2.86. The Morgan fingerprint density at radius 2 is 2.00 bits per heavy atom. The number of hydrogen-bond donors (Lipinski definition) is 0. The summed E-state index contributed by atoms with van der Waals surface area (Å²) in [6, 6.07) is 5.58. The first-order chi connectivity index (χ1) is 8.86. The molecule has 0 spiro atoms. The van der Waals surface area contributed by atoms with Crippen LogP contribution in [0.3, 0.4) is 0 Å². The summed E-state index contributed by atoms with van der Waals surface area (Å²) in [5, 5.41) is 2.11. The van der Waals surface area contributed by atoms with Gasteiger partial charge >= 0.3 is 0 Å². The Bertz CT molecular complexity index is 599. The van der Waals surface area contributed by atoms with Crippen molar-refractivity contribution in [1.29, 1.82) is 0 Å². The van der Waals surface area contributed by atoms with Crippen molar-refractivity contribution >= 4 is 39.3 Å². The third-order valence-corrected chi connectivity index (χ3v) is 4.30. The Balaban J connectivity index is 2.36. The molecule has 0 saturated heterocycles. The first-order valence-electron chi connectivity index (χ1n) is 5.70. The van der Waals surface area contributed by atoms with E-state index < -0.39 is 0 Å². The molecule has 0 aromatic carbocycles. The summed E-state index contributed by atoms with van der Waals surface area (Å²) in [5.74, 6) is 0.731. The van der Waals surface area contributed by atoms with Gasteiger partial charge in [0.25, 0.3) is 0 Å². The molecule has 3 nitrogen and oxygen atoms in total. The van der Waals surface area contributed by atoms with Crippen molar-refractivity contribution in [3.8, 4) is 0 Å². The zero-order valence-corrected chi connectivity index (χ0v) is 14.0. The van der Waals surface area contributed by atoms with Gasteiger partial charge in [-0.05, 0) is 39.8 Å². The molecule has 0 aliphatic carbocycles. The lowest BCUT2D eigenvalue weighted by molar-refractivity contribution is 0.538. The fourth-order valence-electron chi connectivity index (χ4n) is 1.33. The molecular weight excluding hydrogens is 346 g/mol. The van der Waals surface area contributed by atoms with E-state index >= 15 is 0 Å². The van der Waals surface area contributed by atoms with Crippen molar-refractivity contribution in [3.05, 3.63) is 39.8 Å². The molecule has 0 unspecified atom stereocenters. The minimum absolute atomic E-state index is 0.137. The third kappa shape index (κ3) is 3.91. The van der Waals surface area contributed by atoms with E-state index in [1.807, 2.05) is 12.1 Å². The molecule has 100 valence electrons. The molecule has 0 atom stereocenters. The van der Waals surface area contributed by atoms with Crippen LogP contribution in [0.1, 0.15) is 26.6 Å². The summed E-state index contributed by atoms with van der Waals surface area (Å²) < 4.78 is 0.937. The van der Waals surface area contributed by atoms with Gasteiger partial charge in [0.15, 0.2) is 0 Å². The van der Waals surface area contributed by atoms with Gasteiger partial charge in [-0.3, -0.25) is 0 Å². The normalized spacial score (nSPS) is 11.6. The van der Waals surface area contributed by atoms with Crippen molar-refractivity contribution < 1.29 is 0 Å². The standard InChI is InChI=1S/C13H13BrClN3S/c1-13(2,3)12-17-9(15)7-10(18-12)19-11-8(14)5-4-6-16-11/h4-7H,1-3H3. The predicted molar refractivity (Wildman–Crippen MR) is 81.8 cm³/mol. The van der Waals surface area contributed by atoms with E-state index in [4.69, 9.17) is 11.6 Å². The summed E-state index contributed by atoms with van der Waals surface area (Å²) >= 11 is 11.0. The van der Waals surface area contributed by atoms with Gasteiger partial charge in [-0.25, -0.2) is 15.0 Å². The highest BCUT2D eigenvalue weighted by atomic mass is 79.9. The molecule has 0 bridgehead atoms. The van der Waals surface area contributed by atoms with Crippen LogP contribution in [0.15, 0.2) is 38.9 Å². The zero-order chi connectivity index (χ0) is 14.0. The lowest BCUT2D eigenvalue weighted by Gasteiger charge is -2.17. The fraction of sp³-hybridized carbons (Fsp3) is 0.308. The van der Waals surface area contributed by atoms with Gasteiger partial charge in [0, 0.05) is 17.7 Å². The summed E-state index contributed by atoms with van der Waals surface area (Å²) in [6.45, 7) is 6.18. The number of nitrogens with zero attached hydrogens (tertiary/aromatic N) is 3. The van der Waals surface area contributed by atoms with E-state index in [9.17, 15) is 0 Å². The van der Waals surface area contributed by atoms with Crippen LogP contribution in [0.4, 0.5) is 0 Å². The predicted octanol–water partition coefficient (Wildman–Crippen LogP) is 4.74. The van der Waals surface area contributed by atoms with Crippen molar-refractivity contribution in [3.63, 3.8) is 0 Å². The highest BCUT2D eigenvalue weighted by molar-refractivity contribution is 9.10. The summed E-state index contributed by atoms with van der Waals surface area (Å²) in [6.07, 6.45) is 1.75. The number of aromatic nitrogens is 3. The molecule has 0 radical (unpaired) electrons. The lowest BCUT2D eigenvalue weighted by atomic mass is 9.96. The molecule has 0 aliphatic heterocycles. The van der Waals surface area contributed by atoms with Crippen LogP contribution in [-0.4, -0.2) is 15.0 Å². The maximum Gasteiger partial charge on any atom is 0.136 e. The largest absolute Gasteiger partial charge is 0.248 e. The average Bonchev–Trinajstić information content (AvgIpc) is 2.30. The van der Waals surface area contributed by atoms with E-state index in [-0.39, 0.29) is 5.41 Å². The van der Waals surface area contributed by atoms with Gasteiger partial charge in [-0.1, -0.05) is 32.4 Å². The van der Waals surface area contributed by atoms with Crippen LogP contribution in [0, 0.1) is 0 Å². The first-order valence-corrected chi connectivity index (χ1v) is 7.68. The Hall–Kier alpha value is -0.650. The molecule has 19 heavy (non-hydrogen) atoms. The van der Waals surface area contributed by atoms with Gasteiger partial charge in [0.05, 0.1) is 4.47 Å². The SMILES string of the molecule is CC(C)(C)c1nc(Cl)cc(Sc2ncccc2Br)n1. The minimum atomic E-state index is -0.137. The maximum absolute atomic E-state index is 6.07. The highest BCUT2D eigenvalue weighted by Crippen LogP contribution is 2.32. The van der Waals surface area contributed by atoms with Crippen LogP contribution in [-0.2, 0) is 5.41 Å². The molecule has 0 aliphatic rings. The summed E-state index contributed by atoms with van der Waals surface area (Å²) in [5.41, 5.74) is -0.137. The summed E-state index contributed by atoms with van der Waals surface area (Å²) in [7, 11) is 0. The Morgan fingerprint density at radius 3 is 2.63 bits per heavy atom. The molecule has 2 aromatic rings. The van der Waals surface area contributed by atoms with Crippen LogP contribution >= 0.6 is 39.3 Å². The van der Waals surface area contributed by atoms with E-state index in [0.717, 1.165) is 20.3 Å². The van der Waals surface area contributed by atoms with Gasteiger partial charge < -0.3 is 0 Å². The number of rotatable bonds is 2. The topological polar surface area (TPSA) is 38.7 Å². The number of halogens is 2. The summed E-state index contributed by atoms with van der Waals surface area (Å²) in [4.78, 5) is 13.1. The molecule has 6 heteroatoms. The molecule has 2 aromatic heterocycles. The number of pyridine rings is 1. The Morgan fingerprint density at radius 1 is 1.26 bits per heavy atom. The quantitative estimate of drug-likeness (QED) is 0.727. The van der Waals surface area contributed by atoms with Crippen molar-refractivity contribution in [2.24, 2.45) is 0 Å². The molecule has 2 rings (SSSR count). The van der Waals surface area contributed by atoms with Gasteiger partial charge in [-0.15, -0.1) is 0 Å². The van der Waals surface area contributed by atoms with E-state index in [1.165, 1.54) is 11.8 Å². The molecule has 2 heterocycles. The molecular formula is C13H13BrClN3S. The van der Waals surface area contributed by atoms with Crippen molar-refractivity contribution in [2.75, 3.05) is 0 Å². The molecule has 0 saturated carbocycles. The van der Waals surface area contributed by atoms with Crippen molar-refractivity contribution in [1.82, 2.24) is 15.0 Å². The lowest BCUT2D eigenvalue weighted by Crippen LogP contribution is -2.16. The monoisotopic (exact) mass is 357 g/mol. The van der Waals surface area contributed by atoms with Gasteiger partial charge in [-0.2, -0.15) is 0 Å².